The van der Waals surface area contributed by atoms with Crippen molar-refractivity contribution in [1.82, 2.24) is 46.8 Å². The van der Waals surface area contributed by atoms with Crippen molar-refractivity contribution in [2.75, 3.05) is 6.54 Å². The van der Waals surface area contributed by atoms with E-state index in [1.165, 1.54) is 4.90 Å². The van der Waals surface area contributed by atoms with E-state index in [0.717, 1.165) is 12.8 Å². The van der Waals surface area contributed by atoms with Gasteiger partial charge < -0.3 is 31.3 Å². The lowest BCUT2D eigenvalue weighted by molar-refractivity contribution is -0.146. The Balaban J connectivity index is 1.43. The van der Waals surface area contributed by atoms with Gasteiger partial charge in [0.25, 0.3) is 5.91 Å². The van der Waals surface area contributed by atoms with Crippen molar-refractivity contribution < 1.29 is 38.7 Å². The summed E-state index contributed by atoms with van der Waals surface area (Å²) in [6.45, 7) is 9.26. The Morgan fingerprint density at radius 3 is 2.23 bits per heavy atom. The summed E-state index contributed by atoms with van der Waals surface area (Å²) in [4.78, 5) is 95.3. The van der Waals surface area contributed by atoms with Gasteiger partial charge in [0.15, 0.2) is 5.82 Å². The average Bonchev–Trinajstić information content (AvgIpc) is 3.92. The quantitative estimate of drug-likeness (QED) is 0.0783. The number of carbonyl (C=O) groups is 7. The third-order valence-electron chi connectivity index (χ3n) is 10.7. The zero-order valence-corrected chi connectivity index (χ0v) is 33.0. The van der Waals surface area contributed by atoms with Gasteiger partial charge in [-0.15, -0.1) is 10.2 Å². The van der Waals surface area contributed by atoms with Crippen molar-refractivity contribution >= 4 is 41.3 Å². The fourth-order valence-electron chi connectivity index (χ4n) is 7.69. The van der Waals surface area contributed by atoms with E-state index in [1.54, 1.807) is 65.0 Å². The molecule has 4 rings (SSSR count). The maximum absolute atomic E-state index is 14.4. The van der Waals surface area contributed by atoms with Gasteiger partial charge in [-0.2, -0.15) is 5.21 Å². The number of aromatic amines is 1. The number of H-pyrrole nitrogens is 1. The third kappa shape index (κ3) is 11.6. The van der Waals surface area contributed by atoms with Crippen LogP contribution in [0.15, 0.2) is 30.3 Å². The van der Waals surface area contributed by atoms with Crippen LogP contribution in [0.5, 0.6) is 0 Å². The minimum absolute atomic E-state index is 0.0381. The Hall–Kier alpha value is -5.22. The molecule has 2 aromatic rings. The molecule has 0 radical (unpaired) electrons. The van der Waals surface area contributed by atoms with Crippen LogP contribution in [-0.2, 0) is 46.4 Å². The Labute approximate surface area is 327 Å². The number of rotatable bonds is 21. The van der Waals surface area contributed by atoms with E-state index in [2.05, 4.69) is 41.9 Å². The average molecular weight is 780 g/mol. The molecule has 1 aliphatic heterocycles. The summed E-state index contributed by atoms with van der Waals surface area (Å²) in [5, 5.41) is 34.3. The number of fused-ring (bicyclic) bond motifs is 1. The zero-order valence-electron chi connectivity index (χ0n) is 33.0. The summed E-state index contributed by atoms with van der Waals surface area (Å²) in [6, 6.07) is 3.22. The number of ketones is 1. The number of carbonyl (C=O) groups excluding carboxylic acids is 6. The van der Waals surface area contributed by atoms with E-state index in [0.29, 0.717) is 50.0 Å². The Bertz CT molecular complexity index is 1670. The largest absolute Gasteiger partial charge is 0.480 e. The number of carboxylic acids is 1. The lowest BCUT2D eigenvalue weighted by atomic mass is 9.92. The summed E-state index contributed by atoms with van der Waals surface area (Å²) in [6.07, 6.45) is 4.83. The van der Waals surface area contributed by atoms with E-state index in [4.69, 9.17) is 0 Å². The van der Waals surface area contributed by atoms with Crippen LogP contribution in [0, 0.1) is 23.7 Å². The molecule has 1 saturated heterocycles. The molecule has 0 bridgehead atoms. The van der Waals surface area contributed by atoms with Crippen molar-refractivity contribution in [1.29, 1.82) is 0 Å². The first-order chi connectivity index (χ1) is 26.7. The van der Waals surface area contributed by atoms with Gasteiger partial charge in [0.05, 0.1) is 6.04 Å². The van der Waals surface area contributed by atoms with E-state index in [-0.39, 0.29) is 48.8 Å². The molecule has 1 unspecified atom stereocenters. The summed E-state index contributed by atoms with van der Waals surface area (Å²) < 4.78 is 0. The van der Waals surface area contributed by atoms with E-state index >= 15 is 0 Å². The molecule has 5 amide bonds. The van der Waals surface area contributed by atoms with E-state index in [9.17, 15) is 38.7 Å². The van der Waals surface area contributed by atoms with E-state index < -0.39 is 65.6 Å². The highest BCUT2D eigenvalue weighted by molar-refractivity contribution is 6.38. The number of nitrogens with zero attached hydrogens (tertiary/aromatic N) is 4. The van der Waals surface area contributed by atoms with Crippen molar-refractivity contribution in [2.45, 2.75) is 129 Å². The lowest BCUT2D eigenvalue weighted by Crippen LogP contribution is -2.60. The topological polar surface area (TPSA) is 246 Å². The molecular weight excluding hydrogens is 722 g/mol. The number of tetrazole rings is 1. The maximum Gasteiger partial charge on any atom is 0.326 e. The van der Waals surface area contributed by atoms with Gasteiger partial charge in [-0.25, -0.2) is 4.79 Å². The molecule has 56 heavy (non-hydrogen) atoms. The Morgan fingerprint density at radius 1 is 0.893 bits per heavy atom. The van der Waals surface area contributed by atoms with Crippen molar-refractivity contribution in [3.63, 3.8) is 0 Å². The second-order valence-corrected chi connectivity index (χ2v) is 15.6. The van der Waals surface area contributed by atoms with Crippen LogP contribution in [0.1, 0.15) is 97.4 Å². The number of aromatic nitrogens is 4. The summed E-state index contributed by atoms with van der Waals surface area (Å²) in [7, 11) is 0. The van der Waals surface area contributed by atoms with Crippen molar-refractivity contribution in [3.8, 4) is 0 Å². The number of likely N-dealkylation sites (tertiary alicyclic amines) is 1. The zero-order chi connectivity index (χ0) is 40.9. The molecule has 2 aliphatic rings. The van der Waals surface area contributed by atoms with Crippen LogP contribution in [0.4, 0.5) is 0 Å². The Morgan fingerprint density at radius 2 is 1.61 bits per heavy atom. The number of carboxylic acid groups (broad SMARTS) is 1. The van der Waals surface area contributed by atoms with Gasteiger partial charge in [0.1, 0.15) is 24.2 Å². The summed E-state index contributed by atoms with van der Waals surface area (Å²) in [5.41, 5.74) is 0.660. The molecule has 1 aliphatic carbocycles. The minimum atomic E-state index is -1.37. The monoisotopic (exact) mass is 779 g/mol. The molecular formula is C39H57N9O8. The Kier molecular flexibility index (Phi) is 16.0. The third-order valence-corrected chi connectivity index (χ3v) is 10.7. The van der Waals surface area contributed by atoms with Gasteiger partial charge in [-0.1, -0.05) is 83.0 Å². The predicted molar refractivity (Wildman–Crippen MR) is 203 cm³/mol. The van der Waals surface area contributed by atoms with Gasteiger partial charge in [-0.3, -0.25) is 28.8 Å². The first-order valence-electron chi connectivity index (χ1n) is 19.8. The molecule has 6 N–H and O–H groups in total. The smallest absolute Gasteiger partial charge is 0.326 e. The highest BCUT2D eigenvalue weighted by Crippen LogP contribution is 2.42. The highest BCUT2D eigenvalue weighted by Gasteiger charge is 2.51. The molecule has 0 spiro atoms. The van der Waals surface area contributed by atoms with Crippen LogP contribution >= 0.6 is 0 Å². The van der Waals surface area contributed by atoms with Gasteiger partial charge >= 0.3 is 5.97 Å². The molecule has 7 atom stereocenters. The van der Waals surface area contributed by atoms with Gasteiger partial charge in [-0.05, 0) is 61.3 Å². The molecule has 2 heterocycles. The van der Waals surface area contributed by atoms with Crippen molar-refractivity contribution in [2.24, 2.45) is 23.7 Å². The standard InChI is InChI=1S/C39H57N9O8/c1-6-13-27(34(50)37(53)41-28(39(55)56)20-24-14-8-7-9-15-24)40-36(52)33-26-17-12-16-25(26)21-48(33)38(54)32(23(4)5)43-35(51)31(22(2)3)42-30(49)19-11-10-18-29-44-46-47-45-29/h7-9,14-15,22-23,25-28,31-33H,6,10-13,16-21H2,1-5H3,(H,40,52)(H,41,53)(H,42,49)(H,43,51)(H,55,56)(H,44,45,46,47)/t25-,26-,27?,28-,31-,32-,33-/m0/s1. The lowest BCUT2D eigenvalue weighted by Gasteiger charge is -2.34. The van der Waals surface area contributed by atoms with Crippen LogP contribution in [-0.4, -0.2) is 109 Å². The van der Waals surface area contributed by atoms with Crippen LogP contribution < -0.4 is 21.3 Å². The number of Topliss-reactive ketones (excluding diaryl/α,β-unsaturated/α-hetero) is 1. The number of aryl methyl sites for hydroxylation is 1. The summed E-state index contributed by atoms with van der Waals surface area (Å²) in [5.74, 6) is -5.49. The molecule has 1 aromatic heterocycles. The second kappa shape index (κ2) is 20.6. The predicted octanol–water partition coefficient (Wildman–Crippen LogP) is 1.49. The first-order valence-corrected chi connectivity index (χ1v) is 19.8. The number of amides is 5. The fourth-order valence-corrected chi connectivity index (χ4v) is 7.69. The minimum Gasteiger partial charge on any atom is -0.480 e. The van der Waals surface area contributed by atoms with Gasteiger partial charge in [0.2, 0.25) is 29.4 Å². The number of hydrogen-bond donors (Lipinski definition) is 6. The molecule has 2 fully saturated rings. The first kappa shape index (κ1) is 43.5. The highest BCUT2D eigenvalue weighted by atomic mass is 16.4. The molecule has 17 nitrogen and oxygen atoms in total. The number of hydrogen-bond acceptors (Lipinski definition) is 10. The van der Waals surface area contributed by atoms with Gasteiger partial charge in [0, 0.05) is 25.8 Å². The van der Waals surface area contributed by atoms with Crippen LogP contribution in [0.25, 0.3) is 0 Å². The summed E-state index contributed by atoms with van der Waals surface area (Å²) >= 11 is 0. The molecule has 17 heteroatoms. The van der Waals surface area contributed by atoms with Crippen molar-refractivity contribution in [3.05, 3.63) is 41.7 Å². The molecule has 306 valence electrons. The maximum atomic E-state index is 14.4. The second-order valence-electron chi connectivity index (χ2n) is 15.6. The van der Waals surface area contributed by atoms with Crippen LogP contribution in [0.3, 0.4) is 0 Å². The molecule has 1 saturated carbocycles. The van der Waals surface area contributed by atoms with Crippen LogP contribution in [0.2, 0.25) is 0 Å². The SMILES string of the molecule is CCCC(NC(=O)[C@@H]1[C@H]2CCC[C@H]2CN1C(=O)[C@@H](NC(=O)[C@@H](NC(=O)CCCCc1nn[nH]n1)C(C)C)C(C)C)C(=O)C(=O)N[C@@H](Cc1ccccc1)C(=O)O. The molecule has 1 aromatic carbocycles. The number of unbranched alkanes of at least 4 members (excludes halogenated alkanes) is 1. The van der Waals surface area contributed by atoms with E-state index in [1.807, 2.05) is 0 Å². The number of benzene rings is 1. The number of aliphatic carboxylic acids is 1. The number of nitrogens with one attached hydrogen (secondary N) is 5. The normalized spacial score (nSPS) is 19.8. The fraction of sp³-hybridized carbons (Fsp3) is 0.641.